The second kappa shape index (κ2) is 12.3. The fourth-order valence-electron chi connectivity index (χ4n) is 3.81. The predicted octanol–water partition coefficient (Wildman–Crippen LogP) is 4.79. The van der Waals surface area contributed by atoms with Crippen molar-refractivity contribution < 1.29 is 18.0 Å². The highest BCUT2D eigenvalue weighted by Gasteiger charge is 2.32. The van der Waals surface area contributed by atoms with E-state index in [9.17, 15) is 18.0 Å². The van der Waals surface area contributed by atoms with Crippen LogP contribution < -0.4 is 9.62 Å². The molecule has 37 heavy (non-hydrogen) atoms. The van der Waals surface area contributed by atoms with Gasteiger partial charge in [0, 0.05) is 17.6 Å². The lowest BCUT2D eigenvalue weighted by Gasteiger charge is -2.32. The van der Waals surface area contributed by atoms with Crippen molar-refractivity contribution in [2.45, 2.75) is 51.2 Å². The minimum Gasteiger partial charge on any atom is -0.352 e. The van der Waals surface area contributed by atoms with Gasteiger partial charge in [0.1, 0.15) is 12.6 Å². The molecule has 2 amide bonds. The topological polar surface area (TPSA) is 86.8 Å². The van der Waals surface area contributed by atoms with E-state index in [1.165, 1.54) is 17.0 Å². The number of carbonyl (C=O) groups is 2. The van der Waals surface area contributed by atoms with Crippen LogP contribution in [0.15, 0.2) is 83.8 Å². The second-order valence-electron chi connectivity index (χ2n) is 9.09. The smallest absolute Gasteiger partial charge is 0.264 e. The maximum Gasteiger partial charge on any atom is 0.264 e. The second-order valence-corrected chi connectivity index (χ2v) is 11.4. The van der Waals surface area contributed by atoms with Crippen molar-refractivity contribution >= 4 is 39.1 Å². The van der Waals surface area contributed by atoms with Crippen molar-refractivity contribution in [1.29, 1.82) is 0 Å². The number of aryl methyl sites for hydroxylation is 1. The fourth-order valence-corrected chi connectivity index (χ4v) is 5.38. The molecular formula is C28H32ClN3O4S. The molecule has 0 radical (unpaired) electrons. The highest BCUT2D eigenvalue weighted by Crippen LogP contribution is 2.26. The molecule has 0 bridgehead atoms. The van der Waals surface area contributed by atoms with Crippen LogP contribution in [0.3, 0.4) is 0 Å². The lowest BCUT2D eigenvalue weighted by atomic mass is 10.1. The van der Waals surface area contributed by atoms with E-state index in [2.05, 4.69) is 5.32 Å². The third kappa shape index (κ3) is 7.11. The zero-order chi connectivity index (χ0) is 27.2. The van der Waals surface area contributed by atoms with Crippen molar-refractivity contribution in [3.8, 4) is 0 Å². The molecule has 3 aromatic carbocycles. The zero-order valence-electron chi connectivity index (χ0n) is 21.4. The summed E-state index contributed by atoms with van der Waals surface area (Å²) < 4.78 is 28.4. The van der Waals surface area contributed by atoms with Gasteiger partial charge in [-0.3, -0.25) is 13.9 Å². The summed E-state index contributed by atoms with van der Waals surface area (Å²) in [4.78, 5) is 28.2. The van der Waals surface area contributed by atoms with Crippen LogP contribution in [0.4, 0.5) is 5.69 Å². The third-order valence-corrected chi connectivity index (χ3v) is 7.96. The molecule has 0 aliphatic carbocycles. The van der Waals surface area contributed by atoms with Crippen LogP contribution in [0.5, 0.6) is 0 Å². The number of nitrogens with one attached hydrogen (secondary N) is 1. The molecule has 0 spiro atoms. The molecule has 3 rings (SSSR count). The van der Waals surface area contributed by atoms with Crippen molar-refractivity contribution in [3.63, 3.8) is 0 Å². The Morgan fingerprint density at radius 1 is 0.892 bits per heavy atom. The van der Waals surface area contributed by atoms with Gasteiger partial charge in [0.15, 0.2) is 0 Å². The van der Waals surface area contributed by atoms with Crippen LogP contribution in [0.25, 0.3) is 0 Å². The molecule has 3 aromatic rings. The van der Waals surface area contributed by atoms with Crippen LogP contribution >= 0.6 is 11.6 Å². The van der Waals surface area contributed by atoms with Crippen LogP contribution in [0.2, 0.25) is 5.02 Å². The van der Waals surface area contributed by atoms with E-state index in [-0.39, 0.29) is 29.1 Å². The van der Waals surface area contributed by atoms with Crippen molar-refractivity contribution in [1.82, 2.24) is 10.2 Å². The van der Waals surface area contributed by atoms with E-state index < -0.39 is 28.5 Å². The normalized spacial score (nSPS) is 12.2. The van der Waals surface area contributed by atoms with E-state index in [0.29, 0.717) is 5.02 Å². The third-order valence-electron chi connectivity index (χ3n) is 5.92. The first-order valence-corrected chi connectivity index (χ1v) is 13.8. The average Bonchev–Trinajstić information content (AvgIpc) is 2.87. The van der Waals surface area contributed by atoms with E-state index >= 15 is 0 Å². The quantitative estimate of drug-likeness (QED) is 0.400. The molecule has 0 aliphatic heterocycles. The summed E-state index contributed by atoms with van der Waals surface area (Å²) in [5, 5.41) is 3.28. The van der Waals surface area contributed by atoms with E-state index in [0.717, 1.165) is 15.4 Å². The van der Waals surface area contributed by atoms with Crippen molar-refractivity contribution in [2.75, 3.05) is 10.8 Å². The SMILES string of the molecule is Cc1ccccc1CN(C(=O)CN(c1ccc(Cl)cc1)S(=O)(=O)c1ccccc1)[C@@H](C)C(=O)NC(C)C. The molecule has 0 heterocycles. The molecule has 1 N–H and O–H groups in total. The molecule has 0 fully saturated rings. The monoisotopic (exact) mass is 541 g/mol. The Morgan fingerprint density at radius 3 is 2.08 bits per heavy atom. The molecule has 0 unspecified atom stereocenters. The standard InChI is InChI=1S/C28H32ClN3O4S/c1-20(2)30-28(34)22(4)31(18-23-11-9-8-10-21(23)3)27(33)19-32(25-16-14-24(29)15-17-25)37(35,36)26-12-6-5-7-13-26/h5-17,20,22H,18-19H2,1-4H3,(H,30,34)/t22-/m0/s1. The van der Waals surface area contributed by atoms with Gasteiger partial charge in [0.2, 0.25) is 11.8 Å². The number of amides is 2. The summed E-state index contributed by atoms with van der Waals surface area (Å²) in [7, 11) is -4.10. The largest absolute Gasteiger partial charge is 0.352 e. The molecule has 0 aromatic heterocycles. The first-order chi connectivity index (χ1) is 17.5. The number of halogens is 1. The molecule has 196 valence electrons. The van der Waals surface area contributed by atoms with Gasteiger partial charge in [0.05, 0.1) is 10.6 Å². The number of nitrogens with zero attached hydrogens (tertiary/aromatic N) is 2. The molecule has 0 saturated carbocycles. The highest BCUT2D eigenvalue weighted by atomic mass is 35.5. The van der Waals surface area contributed by atoms with E-state index in [1.54, 1.807) is 49.4 Å². The van der Waals surface area contributed by atoms with Gasteiger partial charge in [0.25, 0.3) is 10.0 Å². The molecule has 0 saturated heterocycles. The lowest BCUT2D eigenvalue weighted by Crippen LogP contribution is -2.52. The summed E-state index contributed by atoms with van der Waals surface area (Å²) in [5.74, 6) is -0.829. The number of sulfonamides is 1. The summed E-state index contributed by atoms with van der Waals surface area (Å²) in [5.41, 5.74) is 2.11. The summed E-state index contributed by atoms with van der Waals surface area (Å²) in [6.07, 6.45) is 0. The maximum absolute atomic E-state index is 13.8. The Balaban J connectivity index is 2.02. The van der Waals surface area contributed by atoms with Crippen LogP contribution in [0, 0.1) is 6.92 Å². The summed E-state index contributed by atoms with van der Waals surface area (Å²) in [6, 6.07) is 20.8. The molecule has 0 aliphatic rings. The van der Waals surface area contributed by atoms with Gasteiger partial charge >= 0.3 is 0 Å². The first kappa shape index (κ1) is 28.2. The van der Waals surface area contributed by atoms with Gasteiger partial charge in [-0.1, -0.05) is 54.1 Å². The van der Waals surface area contributed by atoms with Gasteiger partial charge in [-0.25, -0.2) is 8.42 Å². The highest BCUT2D eigenvalue weighted by molar-refractivity contribution is 7.92. The fraction of sp³-hybridized carbons (Fsp3) is 0.286. The molecule has 1 atom stereocenters. The molecular weight excluding hydrogens is 510 g/mol. The van der Waals surface area contributed by atoms with Gasteiger partial charge < -0.3 is 10.2 Å². The number of carbonyl (C=O) groups excluding carboxylic acids is 2. The van der Waals surface area contributed by atoms with Crippen LogP contribution in [-0.4, -0.2) is 43.8 Å². The van der Waals surface area contributed by atoms with Gasteiger partial charge in [-0.2, -0.15) is 0 Å². The van der Waals surface area contributed by atoms with Gasteiger partial charge in [-0.05, 0) is 75.2 Å². The Kier molecular flexibility index (Phi) is 9.34. The number of anilines is 1. The number of rotatable bonds is 10. The number of hydrogen-bond donors (Lipinski definition) is 1. The van der Waals surface area contributed by atoms with Crippen LogP contribution in [0.1, 0.15) is 31.9 Å². The van der Waals surface area contributed by atoms with E-state index in [4.69, 9.17) is 11.6 Å². The maximum atomic E-state index is 13.8. The molecule has 7 nitrogen and oxygen atoms in total. The Hall–Kier alpha value is -3.36. The zero-order valence-corrected chi connectivity index (χ0v) is 23.0. The summed E-state index contributed by atoms with van der Waals surface area (Å²) in [6.45, 7) is 6.91. The summed E-state index contributed by atoms with van der Waals surface area (Å²) >= 11 is 6.04. The molecule has 9 heteroatoms. The number of hydrogen-bond acceptors (Lipinski definition) is 4. The Bertz CT molecular complexity index is 1330. The van der Waals surface area contributed by atoms with E-state index in [1.807, 2.05) is 45.0 Å². The predicted molar refractivity (Wildman–Crippen MR) is 147 cm³/mol. The minimum absolute atomic E-state index is 0.0498. The lowest BCUT2D eigenvalue weighted by molar-refractivity contribution is -0.139. The van der Waals surface area contributed by atoms with Crippen molar-refractivity contribution in [3.05, 3.63) is 95.0 Å². The van der Waals surface area contributed by atoms with Crippen molar-refractivity contribution in [2.24, 2.45) is 0 Å². The average molecular weight is 542 g/mol. The van der Waals surface area contributed by atoms with Gasteiger partial charge in [-0.15, -0.1) is 0 Å². The van der Waals surface area contributed by atoms with Crippen LogP contribution in [-0.2, 0) is 26.2 Å². The Labute approximate surface area is 224 Å². The first-order valence-electron chi connectivity index (χ1n) is 12.0. The Morgan fingerprint density at radius 2 is 1.49 bits per heavy atom. The number of benzene rings is 3. The minimum atomic E-state index is -4.10.